The number of rotatable bonds is 3. The summed E-state index contributed by atoms with van der Waals surface area (Å²) in [5, 5.41) is 16.4. The van der Waals surface area contributed by atoms with Crippen molar-refractivity contribution in [1.29, 1.82) is 5.26 Å². The van der Waals surface area contributed by atoms with Gasteiger partial charge in [0.05, 0.1) is 22.7 Å². The number of aromatic nitrogens is 1. The Hall–Kier alpha value is -6.57. The Kier molecular flexibility index (Phi) is 5.32. The summed E-state index contributed by atoms with van der Waals surface area (Å²) in [4.78, 5) is 0. The Labute approximate surface area is 268 Å². The molecule has 0 spiro atoms. The maximum absolute atomic E-state index is 9.73. The lowest BCUT2D eigenvalue weighted by atomic mass is 9.92. The Morgan fingerprint density at radius 2 is 1.17 bits per heavy atom. The zero-order valence-electron chi connectivity index (χ0n) is 25.1. The molecule has 7 aromatic carbocycles. The molecule has 47 heavy (non-hydrogen) atoms. The Balaban J connectivity index is 1.30. The van der Waals surface area contributed by atoms with Crippen molar-refractivity contribution in [2.45, 2.75) is 0 Å². The van der Waals surface area contributed by atoms with E-state index < -0.39 is 0 Å². The third kappa shape index (κ3) is 3.75. The molecule has 0 atom stereocenters. The molecule has 0 aliphatic rings. The molecule has 10 aromatic rings. The van der Waals surface area contributed by atoms with Crippen molar-refractivity contribution in [3.63, 3.8) is 0 Å². The number of hydrogen-bond acceptors (Lipinski definition) is 3. The second kappa shape index (κ2) is 9.71. The average Bonchev–Trinajstić information content (AvgIpc) is 3.81. The van der Waals surface area contributed by atoms with E-state index in [2.05, 4.69) is 108 Å². The van der Waals surface area contributed by atoms with E-state index in [1.54, 1.807) is 0 Å². The minimum absolute atomic E-state index is 0.628. The van der Waals surface area contributed by atoms with Crippen molar-refractivity contribution < 1.29 is 8.83 Å². The monoisotopic (exact) mass is 600 g/mol. The average molecular weight is 601 g/mol. The summed E-state index contributed by atoms with van der Waals surface area (Å²) in [5.74, 6) is 0. The van der Waals surface area contributed by atoms with Crippen molar-refractivity contribution >= 4 is 65.7 Å². The number of nitriles is 1. The first kappa shape index (κ1) is 25.7. The Morgan fingerprint density at radius 1 is 0.468 bits per heavy atom. The number of hydrogen-bond donors (Lipinski definition) is 0. The van der Waals surface area contributed by atoms with Gasteiger partial charge in [0.25, 0.3) is 0 Å². The lowest BCUT2D eigenvalue weighted by Crippen LogP contribution is -1.96. The normalized spacial score (nSPS) is 11.8. The zero-order valence-corrected chi connectivity index (χ0v) is 25.1. The molecule has 3 heterocycles. The summed E-state index contributed by atoms with van der Waals surface area (Å²) in [6.07, 6.45) is 0. The summed E-state index contributed by atoms with van der Waals surface area (Å²) in [7, 11) is 0. The van der Waals surface area contributed by atoms with Crippen LogP contribution >= 0.6 is 0 Å². The molecule has 0 radical (unpaired) electrons. The van der Waals surface area contributed by atoms with Crippen LogP contribution in [0, 0.1) is 11.3 Å². The molecule has 4 nitrogen and oxygen atoms in total. The third-order valence-electron chi connectivity index (χ3n) is 9.43. The first-order valence-corrected chi connectivity index (χ1v) is 15.7. The van der Waals surface area contributed by atoms with Gasteiger partial charge in [-0.05, 0) is 82.9 Å². The fraction of sp³-hybridized carbons (Fsp3) is 0. The van der Waals surface area contributed by atoms with Gasteiger partial charge in [-0.3, -0.25) is 0 Å². The molecule has 0 N–H and O–H groups in total. The first-order valence-electron chi connectivity index (χ1n) is 15.7. The van der Waals surface area contributed by atoms with E-state index in [0.29, 0.717) is 5.56 Å². The Bertz CT molecular complexity index is 2930. The quantitative estimate of drug-likeness (QED) is 0.203. The lowest BCUT2D eigenvalue weighted by molar-refractivity contribution is 0.669. The summed E-state index contributed by atoms with van der Waals surface area (Å²) >= 11 is 0. The summed E-state index contributed by atoms with van der Waals surface area (Å²) in [6.45, 7) is 0. The van der Waals surface area contributed by atoms with Crippen molar-refractivity contribution in [1.82, 2.24) is 4.57 Å². The number of benzene rings is 7. The van der Waals surface area contributed by atoms with Gasteiger partial charge in [0.1, 0.15) is 16.7 Å². The van der Waals surface area contributed by atoms with Crippen LogP contribution < -0.4 is 0 Å². The van der Waals surface area contributed by atoms with Gasteiger partial charge in [-0.15, -0.1) is 0 Å². The number of fused-ring (bicyclic) bond motifs is 10. The van der Waals surface area contributed by atoms with E-state index in [1.807, 2.05) is 48.5 Å². The molecule has 3 aromatic heterocycles. The predicted octanol–water partition coefficient (Wildman–Crippen LogP) is 11.8. The molecule has 0 aliphatic heterocycles. The number of nitrogens with zero attached hydrogens (tertiary/aromatic N) is 2. The summed E-state index contributed by atoms with van der Waals surface area (Å²) in [6, 6.07) is 52.5. The van der Waals surface area contributed by atoms with E-state index in [-0.39, 0.29) is 0 Å². The highest BCUT2D eigenvalue weighted by atomic mass is 16.3. The highest BCUT2D eigenvalue weighted by Gasteiger charge is 2.20. The van der Waals surface area contributed by atoms with E-state index in [9.17, 15) is 5.26 Å². The standard InChI is InChI=1S/C43H24N2O2/c44-25-26-8-7-9-27(22-26)30-18-17-29(24-36(30)28-16-21-41-37(23-28)33-12-3-5-14-39(33)46-41)45-38-13-4-1-10-31(38)34-19-20-35-32-11-2-6-15-40(32)47-43(35)42(34)45/h1-24H. The van der Waals surface area contributed by atoms with Gasteiger partial charge in [0.2, 0.25) is 0 Å². The number of para-hydroxylation sites is 3. The van der Waals surface area contributed by atoms with E-state index >= 15 is 0 Å². The SMILES string of the molecule is N#Cc1cccc(-c2ccc(-n3c4ccccc4c4ccc5c6ccccc6oc5c43)cc2-c2ccc3oc4ccccc4c3c2)c1. The third-order valence-corrected chi connectivity index (χ3v) is 9.43. The van der Waals surface area contributed by atoms with Crippen LogP contribution in [-0.4, -0.2) is 4.57 Å². The molecule has 218 valence electrons. The largest absolute Gasteiger partial charge is 0.456 e. The highest BCUT2D eigenvalue weighted by Crippen LogP contribution is 2.43. The van der Waals surface area contributed by atoms with Crippen LogP contribution in [0.1, 0.15) is 5.56 Å². The first-order chi connectivity index (χ1) is 23.2. The second-order valence-electron chi connectivity index (χ2n) is 12.0. The molecule has 4 heteroatoms. The van der Waals surface area contributed by atoms with E-state index in [0.717, 1.165) is 88.2 Å². The van der Waals surface area contributed by atoms with E-state index in [4.69, 9.17) is 8.83 Å². The van der Waals surface area contributed by atoms with Gasteiger partial charge >= 0.3 is 0 Å². The zero-order chi connectivity index (χ0) is 31.1. The van der Waals surface area contributed by atoms with E-state index in [1.165, 1.54) is 5.39 Å². The smallest absolute Gasteiger partial charge is 0.160 e. The van der Waals surface area contributed by atoms with Crippen molar-refractivity contribution in [3.05, 3.63) is 151 Å². The minimum Gasteiger partial charge on any atom is -0.456 e. The maximum Gasteiger partial charge on any atom is 0.160 e. The molecule has 0 unspecified atom stereocenters. The van der Waals surface area contributed by atoms with Crippen LogP contribution in [0.4, 0.5) is 0 Å². The minimum atomic E-state index is 0.628. The van der Waals surface area contributed by atoms with Crippen LogP contribution in [0.5, 0.6) is 0 Å². The van der Waals surface area contributed by atoms with Gasteiger partial charge < -0.3 is 13.4 Å². The molecular formula is C43H24N2O2. The van der Waals surface area contributed by atoms with Gasteiger partial charge in [0.15, 0.2) is 5.58 Å². The van der Waals surface area contributed by atoms with Crippen LogP contribution in [-0.2, 0) is 0 Å². The lowest BCUT2D eigenvalue weighted by Gasteiger charge is -2.15. The summed E-state index contributed by atoms with van der Waals surface area (Å²) < 4.78 is 15.1. The van der Waals surface area contributed by atoms with Crippen molar-refractivity contribution in [2.75, 3.05) is 0 Å². The van der Waals surface area contributed by atoms with Gasteiger partial charge in [-0.25, -0.2) is 0 Å². The van der Waals surface area contributed by atoms with Crippen LogP contribution in [0.2, 0.25) is 0 Å². The fourth-order valence-electron chi connectivity index (χ4n) is 7.31. The molecule has 10 rings (SSSR count). The topological polar surface area (TPSA) is 55.0 Å². The maximum atomic E-state index is 9.73. The number of furan rings is 2. The molecule has 0 fully saturated rings. The van der Waals surface area contributed by atoms with Gasteiger partial charge in [-0.1, -0.05) is 84.9 Å². The molecule has 0 bridgehead atoms. The fourth-order valence-corrected chi connectivity index (χ4v) is 7.31. The second-order valence-corrected chi connectivity index (χ2v) is 12.0. The van der Waals surface area contributed by atoms with Gasteiger partial charge in [-0.2, -0.15) is 5.26 Å². The molecule has 0 saturated heterocycles. The van der Waals surface area contributed by atoms with Crippen molar-refractivity contribution in [3.8, 4) is 34.0 Å². The molecular weight excluding hydrogens is 576 g/mol. The van der Waals surface area contributed by atoms with Crippen LogP contribution in [0.15, 0.2) is 154 Å². The highest BCUT2D eigenvalue weighted by molar-refractivity contribution is 6.21. The molecule has 0 aliphatic carbocycles. The molecule has 0 amide bonds. The summed E-state index contributed by atoms with van der Waals surface area (Å²) in [5.41, 5.74) is 11.4. The van der Waals surface area contributed by atoms with Gasteiger partial charge in [0, 0.05) is 38.0 Å². The molecule has 0 saturated carbocycles. The Morgan fingerprint density at radius 3 is 2.02 bits per heavy atom. The van der Waals surface area contributed by atoms with Crippen LogP contribution in [0.25, 0.3) is 93.6 Å². The van der Waals surface area contributed by atoms with Crippen LogP contribution in [0.3, 0.4) is 0 Å². The predicted molar refractivity (Wildman–Crippen MR) is 191 cm³/mol. The van der Waals surface area contributed by atoms with Crippen molar-refractivity contribution in [2.24, 2.45) is 0 Å².